The Kier molecular flexibility index (Phi) is 9.54. The lowest BCUT2D eigenvalue weighted by Gasteiger charge is -2.39. The summed E-state index contributed by atoms with van der Waals surface area (Å²) in [6, 6.07) is 6.35. The number of hydrogen-bond acceptors (Lipinski definition) is 3. The van der Waals surface area contributed by atoms with E-state index < -0.39 is 0 Å². The normalized spacial score (nSPS) is 19.2. The number of likely N-dealkylation sites (tertiary alicyclic amines) is 1. The van der Waals surface area contributed by atoms with Crippen LogP contribution in [0.25, 0.3) is 0 Å². The molecule has 7 nitrogen and oxygen atoms in total. The van der Waals surface area contributed by atoms with E-state index in [0.717, 1.165) is 31.0 Å². The van der Waals surface area contributed by atoms with Crippen LogP contribution in [0.1, 0.15) is 24.9 Å². The summed E-state index contributed by atoms with van der Waals surface area (Å²) in [4.78, 5) is 22.9. The molecule has 0 bridgehead atoms. The van der Waals surface area contributed by atoms with Crippen LogP contribution < -0.4 is 10.6 Å². The predicted molar refractivity (Wildman–Crippen MR) is 127 cm³/mol. The third-order valence-electron chi connectivity index (χ3n) is 5.35. The first kappa shape index (κ1) is 24.1. The van der Waals surface area contributed by atoms with E-state index in [2.05, 4.69) is 37.0 Å². The number of guanidine groups is 1. The number of carbonyl (C=O) groups excluding carboxylic acids is 1. The molecule has 2 heterocycles. The molecular formula is C21H30FIN6O. The molecule has 1 aromatic heterocycles. The van der Waals surface area contributed by atoms with Crippen molar-refractivity contribution in [1.29, 1.82) is 0 Å². The van der Waals surface area contributed by atoms with Crippen molar-refractivity contribution in [2.24, 2.45) is 10.9 Å². The van der Waals surface area contributed by atoms with E-state index in [1.807, 2.05) is 18.7 Å². The summed E-state index contributed by atoms with van der Waals surface area (Å²) in [5.74, 6) is 1.03. The van der Waals surface area contributed by atoms with Crippen molar-refractivity contribution in [3.05, 3.63) is 54.4 Å². The van der Waals surface area contributed by atoms with E-state index in [1.165, 1.54) is 12.1 Å². The van der Waals surface area contributed by atoms with Gasteiger partial charge in [0, 0.05) is 45.6 Å². The number of nitrogens with zero attached hydrogens (tertiary/aromatic N) is 4. The molecule has 1 fully saturated rings. The summed E-state index contributed by atoms with van der Waals surface area (Å²) >= 11 is 0. The first-order chi connectivity index (χ1) is 14.1. The zero-order valence-corrected chi connectivity index (χ0v) is 19.8. The molecular weight excluding hydrogens is 498 g/mol. The van der Waals surface area contributed by atoms with Crippen LogP contribution in [0, 0.1) is 11.7 Å². The lowest BCUT2D eigenvalue weighted by atomic mass is 9.93. The number of imidazole rings is 1. The molecule has 2 N–H and O–H groups in total. The van der Waals surface area contributed by atoms with Gasteiger partial charge in [-0.05, 0) is 30.0 Å². The highest BCUT2D eigenvalue weighted by Gasteiger charge is 2.28. The molecule has 30 heavy (non-hydrogen) atoms. The SMILES string of the molecule is CN=C(NCCNC(=O)Cc1ccc(F)cc1)N1CCC(C)C(n2ccnc2)C1.I. The van der Waals surface area contributed by atoms with E-state index in [1.54, 1.807) is 19.2 Å². The summed E-state index contributed by atoms with van der Waals surface area (Å²) in [5.41, 5.74) is 0.792. The summed E-state index contributed by atoms with van der Waals surface area (Å²) in [6.45, 7) is 5.17. The van der Waals surface area contributed by atoms with Gasteiger partial charge in [0.2, 0.25) is 5.91 Å². The predicted octanol–water partition coefficient (Wildman–Crippen LogP) is 2.46. The second-order valence-corrected chi connectivity index (χ2v) is 7.42. The summed E-state index contributed by atoms with van der Waals surface area (Å²) in [6.07, 6.45) is 7.02. The number of rotatable bonds is 6. The first-order valence-corrected chi connectivity index (χ1v) is 10.0. The van der Waals surface area contributed by atoms with Gasteiger partial charge in [0.05, 0.1) is 18.8 Å². The molecule has 0 radical (unpaired) electrons. The minimum absolute atomic E-state index is 0. The molecule has 3 rings (SSSR count). The molecule has 1 amide bonds. The number of halogens is 2. The van der Waals surface area contributed by atoms with Gasteiger partial charge in [-0.1, -0.05) is 19.1 Å². The molecule has 1 aromatic carbocycles. The van der Waals surface area contributed by atoms with Gasteiger partial charge in [-0.15, -0.1) is 24.0 Å². The maximum Gasteiger partial charge on any atom is 0.224 e. The molecule has 2 unspecified atom stereocenters. The van der Waals surface area contributed by atoms with Crippen LogP contribution >= 0.6 is 24.0 Å². The Hall–Kier alpha value is -2.17. The van der Waals surface area contributed by atoms with Crippen molar-refractivity contribution in [2.75, 3.05) is 33.2 Å². The van der Waals surface area contributed by atoms with Crippen molar-refractivity contribution < 1.29 is 9.18 Å². The molecule has 0 aliphatic carbocycles. The molecule has 1 aliphatic heterocycles. The Morgan fingerprint density at radius 2 is 2.00 bits per heavy atom. The van der Waals surface area contributed by atoms with Crippen LogP contribution in [0.4, 0.5) is 4.39 Å². The molecule has 9 heteroatoms. The maximum absolute atomic E-state index is 12.9. The number of piperidine rings is 1. The number of benzene rings is 1. The van der Waals surface area contributed by atoms with Crippen LogP contribution in [0.15, 0.2) is 48.0 Å². The Balaban J connectivity index is 0.00000320. The van der Waals surface area contributed by atoms with E-state index >= 15 is 0 Å². The lowest BCUT2D eigenvalue weighted by molar-refractivity contribution is -0.120. The zero-order valence-electron chi connectivity index (χ0n) is 17.4. The van der Waals surface area contributed by atoms with Crippen molar-refractivity contribution in [2.45, 2.75) is 25.8 Å². The Bertz CT molecular complexity index is 811. The van der Waals surface area contributed by atoms with E-state index in [-0.39, 0.29) is 42.1 Å². The second kappa shape index (κ2) is 11.9. The third-order valence-corrected chi connectivity index (χ3v) is 5.35. The van der Waals surface area contributed by atoms with Crippen molar-refractivity contribution in [3.8, 4) is 0 Å². The highest BCUT2D eigenvalue weighted by atomic mass is 127. The minimum Gasteiger partial charge on any atom is -0.354 e. The molecule has 2 atom stereocenters. The average molecular weight is 528 g/mol. The maximum atomic E-state index is 12.9. The molecule has 2 aromatic rings. The number of amides is 1. The highest BCUT2D eigenvalue weighted by Crippen LogP contribution is 2.27. The van der Waals surface area contributed by atoms with Gasteiger partial charge in [0.1, 0.15) is 5.82 Å². The Labute approximate surface area is 194 Å². The van der Waals surface area contributed by atoms with E-state index in [9.17, 15) is 9.18 Å². The van der Waals surface area contributed by atoms with Crippen LogP contribution in [0.2, 0.25) is 0 Å². The standard InChI is InChI=1S/C21H29FN6O.HI/c1-16-7-11-27(14-19(16)28-12-10-24-15-28)21(23-2)26-9-8-25-20(29)13-17-3-5-18(22)6-4-17;/h3-6,10,12,15-16,19H,7-9,11,13-14H2,1-2H3,(H,23,26)(H,25,29);1H. The fourth-order valence-electron chi connectivity index (χ4n) is 3.65. The number of aromatic nitrogens is 2. The summed E-state index contributed by atoms with van der Waals surface area (Å²) < 4.78 is 15.1. The van der Waals surface area contributed by atoms with Gasteiger partial charge < -0.3 is 20.1 Å². The van der Waals surface area contributed by atoms with E-state index in [0.29, 0.717) is 25.0 Å². The van der Waals surface area contributed by atoms with Gasteiger partial charge in [0.25, 0.3) is 0 Å². The average Bonchev–Trinajstić information content (AvgIpc) is 3.25. The van der Waals surface area contributed by atoms with Crippen LogP contribution in [-0.2, 0) is 11.2 Å². The van der Waals surface area contributed by atoms with Crippen molar-refractivity contribution in [1.82, 2.24) is 25.1 Å². The van der Waals surface area contributed by atoms with E-state index in [4.69, 9.17) is 0 Å². The Morgan fingerprint density at radius 1 is 1.27 bits per heavy atom. The largest absolute Gasteiger partial charge is 0.354 e. The van der Waals surface area contributed by atoms with Crippen LogP contribution in [0.3, 0.4) is 0 Å². The lowest BCUT2D eigenvalue weighted by Crippen LogP contribution is -2.50. The van der Waals surface area contributed by atoms with Gasteiger partial charge in [-0.3, -0.25) is 9.79 Å². The minimum atomic E-state index is -0.299. The van der Waals surface area contributed by atoms with Gasteiger partial charge in [-0.2, -0.15) is 0 Å². The Morgan fingerprint density at radius 3 is 2.67 bits per heavy atom. The topological polar surface area (TPSA) is 74.6 Å². The number of carbonyl (C=O) groups is 1. The van der Waals surface area contributed by atoms with Gasteiger partial charge >= 0.3 is 0 Å². The number of aliphatic imine (C=N–C) groups is 1. The van der Waals surface area contributed by atoms with Gasteiger partial charge in [0.15, 0.2) is 5.96 Å². The number of nitrogens with one attached hydrogen (secondary N) is 2. The molecule has 164 valence electrons. The van der Waals surface area contributed by atoms with Crippen molar-refractivity contribution >= 4 is 35.8 Å². The van der Waals surface area contributed by atoms with Crippen LogP contribution in [-0.4, -0.2) is 59.5 Å². The van der Waals surface area contributed by atoms with Crippen LogP contribution in [0.5, 0.6) is 0 Å². The molecule has 0 spiro atoms. The second-order valence-electron chi connectivity index (χ2n) is 7.42. The van der Waals surface area contributed by atoms with Crippen molar-refractivity contribution in [3.63, 3.8) is 0 Å². The fourth-order valence-corrected chi connectivity index (χ4v) is 3.65. The fraction of sp³-hybridized carbons (Fsp3) is 0.476. The summed E-state index contributed by atoms with van der Waals surface area (Å²) in [5, 5.41) is 6.22. The first-order valence-electron chi connectivity index (χ1n) is 10.0. The summed E-state index contributed by atoms with van der Waals surface area (Å²) in [7, 11) is 1.78. The highest BCUT2D eigenvalue weighted by molar-refractivity contribution is 14.0. The monoisotopic (exact) mass is 528 g/mol. The van der Waals surface area contributed by atoms with Gasteiger partial charge in [-0.25, -0.2) is 9.37 Å². The molecule has 1 saturated heterocycles. The molecule has 0 saturated carbocycles. The third kappa shape index (κ3) is 6.68. The number of hydrogen-bond donors (Lipinski definition) is 2. The molecule has 1 aliphatic rings. The smallest absolute Gasteiger partial charge is 0.224 e. The zero-order chi connectivity index (χ0) is 20.6. The quantitative estimate of drug-likeness (QED) is 0.262.